The van der Waals surface area contributed by atoms with E-state index in [1.165, 1.54) is 0 Å². The molecule has 4 nitrogen and oxygen atoms in total. The fourth-order valence-corrected chi connectivity index (χ4v) is 2.92. The number of hydrogen-bond acceptors (Lipinski definition) is 3. The van der Waals surface area contributed by atoms with Crippen LogP contribution >= 0.6 is 11.6 Å². The molecule has 2 aromatic carbocycles. The minimum Gasteiger partial charge on any atom is -0.361 e. The van der Waals surface area contributed by atoms with Crippen molar-refractivity contribution in [2.45, 2.75) is 6.92 Å². The Morgan fingerprint density at radius 2 is 1.96 bits per heavy atom. The van der Waals surface area contributed by atoms with Crippen molar-refractivity contribution in [2.75, 3.05) is 5.43 Å². The predicted octanol–water partition coefficient (Wildman–Crippen LogP) is 5.12. The molecule has 24 heavy (non-hydrogen) atoms. The summed E-state index contributed by atoms with van der Waals surface area (Å²) in [5.74, 6) is 0.695. The number of aromatic nitrogens is 2. The van der Waals surface area contributed by atoms with Gasteiger partial charge in [0.2, 0.25) is 0 Å². The average Bonchev–Trinajstić information content (AvgIpc) is 3.02. The second-order valence-corrected chi connectivity index (χ2v) is 6.00. The van der Waals surface area contributed by atoms with Crippen LogP contribution < -0.4 is 5.43 Å². The molecule has 0 aliphatic rings. The lowest BCUT2D eigenvalue weighted by Crippen LogP contribution is -1.94. The van der Waals surface area contributed by atoms with Crippen molar-refractivity contribution in [3.63, 3.8) is 0 Å². The highest BCUT2D eigenvalue weighted by Crippen LogP contribution is 2.25. The van der Waals surface area contributed by atoms with Gasteiger partial charge in [-0.1, -0.05) is 29.8 Å². The third kappa shape index (κ3) is 2.61. The van der Waals surface area contributed by atoms with Gasteiger partial charge in [0.1, 0.15) is 5.82 Å². The summed E-state index contributed by atoms with van der Waals surface area (Å²) in [4.78, 5) is 7.79. The van der Waals surface area contributed by atoms with E-state index in [0.29, 0.717) is 5.82 Å². The molecule has 0 radical (unpaired) electrons. The number of hydrazone groups is 1. The number of benzene rings is 2. The summed E-state index contributed by atoms with van der Waals surface area (Å²) in [5.41, 5.74) is 7.04. The molecule has 0 aliphatic carbocycles. The monoisotopic (exact) mass is 334 g/mol. The van der Waals surface area contributed by atoms with Gasteiger partial charge >= 0.3 is 0 Å². The Hall–Kier alpha value is -2.85. The topological polar surface area (TPSA) is 53.1 Å². The van der Waals surface area contributed by atoms with Gasteiger partial charge < -0.3 is 4.98 Å². The highest BCUT2D eigenvalue weighted by Gasteiger charge is 2.04. The molecule has 4 aromatic rings. The van der Waals surface area contributed by atoms with E-state index in [9.17, 15) is 0 Å². The Balaban J connectivity index is 1.59. The van der Waals surface area contributed by atoms with E-state index >= 15 is 0 Å². The smallest absolute Gasteiger partial charge is 0.146 e. The number of fused-ring (bicyclic) bond motifs is 2. The van der Waals surface area contributed by atoms with Crippen molar-refractivity contribution < 1.29 is 0 Å². The van der Waals surface area contributed by atoms with Gasteiger partial charge in [0.25, 0.3) is 0 Å². The van der Waals surface area contributed by atoms with Gasteiger partial charge in [-0.05, 0) is 42.8 Å². The zero-order valence-electron chi connectivity index (χ0n) is 13.0. The minimum absolute atomic E-state index is 0.695. The summed E-state index contributed by atoms with van der Waals surface area (Å²) >= 11 is 6.15. The molecule has 2 aromatic heterocycles. The van der Waals surface area contributed by atoms with Gasteiger partial charge in [0.15, 0.2) is 0 Å². The lowest BCUT2D eigenvalue weighted by atomic mass is 10.1. The first-order valence-corrected chi connectivity index (χ1v) is 8.01. The van der Waals surface area contributed by atoms with Crippen LogP contribution in [0.15, 0.2) is 59.8 Å². The first kappa shape index (κ1) is 14.7. The Morgan fingerprint density at radius 3 is 2.88 bits per heavy atom. The molecule has 4 rings (SSSR count). The number of pyridine rings is 1. The number of aromatic amines is 1. The van der Waals surface area contributed by atoms with Crippen LogP contribution in [0.25, 0.3) is 21.8 Å². The largest absolute Gasteiger partial charge is 0.361 e. The predicted molar refractivity (Wildman–Crippen MR) is 101 cm³/mol. The van der Waals surface area contributed by atoms with Crippen molar-refractivity contribution in [2.24, 2.45) is 5.10 Å². The van der Waals surface area contributed by atoms with Crippen molar-refractivity contribution in [1.82, 2.24) is 9.97 Å². The van der Waals surface area contributed by atoms with Gasteiger partial charge in [-0.15, -0.1) is 0 Å². The number of anilines is 1. The van der Waals surface area contributed by atoms with E-state index in [4.69, 9.17) is 11.6 Å². The maximum absolute atomic E-state index is 6.15. The molecule has 0 amide bonds. The number of aryl methyl sites for hydroxylation is 1. The first-order chi connectivity index (χ1) is 11.7. The Kier molecular flexibility index (Phi) is 3.67. The van der Waals surface area contributed by atoms with E-state index in [2.05, 4.69) is 26.6 Å². The maximum Gasteiger partial charge on any atom is 0.146 e. The molecule has 2 heterocycles. The second kappa shape index (κ2) is 5.98. The van der Waals surface area contributed by atoms with Crippen LogP contribution in [0, 0.1) is 6.92 Å². The van der Waals surface area contributed by atoms with Gasteiger partial charge in [0.05, 0.1) is 11.7 Å². The van der Waals surface area contributed by atoms with Crippen LogP contribution in [-0.2, 0) is 0 Å². The number of halogens is 1. The normalized spacial score (nSPS) is 11.6. The molecule has 0 saturated carbocycles. The maximum atomic E-state index is 6.15. The third-order valence-electron chi connectivity index (χ3n) is 4.08. The van der Waals surface area contributed by atoms with E-state index in [-0.39, 0.29) is 0 Å². The summed E-state index contributed by atoms with van der Waals surface area (Å²) in [5, 5.41) is 7.24. The lowest BCUT2D eigenvalue weighted by Gasteiger charge is -2.05. The Bertz CT molecular complexity index is 1070. The molecule has 0 atom stereocenters. The molecule has 0 unspecified atom stereocenters. The van der Waals surface area contributed by atoms with Crippen molar-refractivity contribution in [1.29, 1.82) is 0 Å². The van der Waals surface area contributed by atoms with E-state index in [1.807, 2.05) is 55.6 Å². The van der Waals surface area contributed by atoms with Crippen molar-refractivity contribution in [3.8, 4) is 0 Å². The van der Waals surface area contributed by atoms with Crippen LogP contribution in [0.4, 0.5) is 5.82 Å². The van der Waals surface area contributed by atoms with Crippen LogP contribution in [0.3, 0.4) is 0 Å². The van der Waals surface area contributed by atoms with Gasteiger partial charge in [-0.2, -0.15) is 5.10 Å². The Labute approximate surface area is 144 Å². The van der Waals surface area contributed by atoms with Crippen LogP contribution in [-0.4, -0.2) is 16.2 Å². The minimum atomic E-state index is 0.695. The first-order valence-electron chi connectivity index (χ1n) is 7.63. The average molecular weight is 335 g/mol. The molecule has 118 valence electrons. The molecule has 0 saturated heterocycles. The van der Waals surface area contributed by atoms with E-state index in [1.54, 1.807) is 6.21 Å². The highest BCUT2D eigenvalue weighted by atomic mass is 35.5. The lowest BCUT2D eigenvalue weighted by molar-refractivity contribution is 1.26. The highest BCUT2D eigenvalue weighted by molar-refractivity contribution is 6.32. The summed E-state index contributed by atoms with van der Waals surface area (Å²) in [6.45, 7) is 1.99. The van der Waals surface area contributed by atoms with Crippen molar-refractivity contribution in [3.05, 3.63) is 70.9 Å². The van der Waals surface area contributed by atoms with Crippen LogP contribution in [0.2, 0.25) is 5.02 Å². The fraction of sp³-hybridized carbons (Fsp3) is 0.0526. The number of nitrogens with zero attached hydrogens (tertiary/aromatic N) is 2. The molecule has 0 aliphatic heterocycles. The molecule has 0 spiro atoms. The van der Waals surface area contributed by atoms with E-state index in [0.717, 1.165) is 38.0 Å². The molecule has 2 N–H and O–H groups in total. The Morgan fingerprint density at radius 1 is 1.08 bits per heavy atom. The summed E-state index contributed by atoms with van der Waals surface area (Å²) in [6, 6.07) is 15.8. The molecule has 0 bridgehead atoms. The number of nitrogens with one attached hydrogen (secondary N) is 2. The fourth-order valence-electron chi connectivity index (χ4n) is 2.76. The van der Waals surface area contributed by atoms with E-state index < -0.39 is 0 Å². The van der Waals surface area contributed by atoms with Gasteiger partial charge in [-0.25, -0.2) is 4.98 Å². The van der Waals surface area contributed by atoms with Crippen LogP contribution in [0.1, 0.15) is 11.1 Å². The SMILES string of the molecule is Cc1c(Cl)ccc2nc(N/N=C/c3c[nH]c4ccccc34)ccc12. The number of para-hydroxylation sites is 1. The zero-order valence-corrected chi connectivity index (χ0v) is 13.8. The standard InChI is InChI=1S/C19H15ClN4/c1-12-14-6-9-19(23-18(14)8-7-16(12)20)24-22-11-13-10-21-17-5-3-2-4-15(13)17/h2-11,21H,1H3,(H,23,24)/b22-11+. The van der Waals surface area contributed by atoms with Gasteiger partial charge in [-0.3, -0.25) is 5.43 Å². The quantitative estimate of drug-likeness (QED) is 0.403. The molecule has 5 heteroatoms. The molecular formula is C19H15ClN4. The summed E-state index contributed by atoms with van der Waals surface area (Å²) in [7, 11) is 0. The van der Waals surface area contributed by atoms with Crippen LogP contribution in [0.5, 0.6) is 0 Å². The molecular weight excluding hydrogens is 320 g/mol. The number of rotatable bonds is 3. The molecule has 0 fully saturated rings. The summed E-state index contributed by atoms with van der Waals surface area (Å²) in [6.07, 6.45) is 3.73. The zero-order chi connectivity index (χ0) is 16.5. The number of hydrogen-bond donors (Lipinski definition) is 2. The van der Waals surface area contributed by atoms with Gasteiger partial charge in [0, 0.05) is 33.1 Å². The second-order valence-electron chi connectivity index (χ2n) is 5.60. The van der Waals surface area contributed by atoms with Crippen molar-refractivity contribution >= 4 is 45.4 Å². The summed E-state index contributed by atoms with van der Waals surface area (Å²) < 4.78 is 0. The number of H-pyrrole nitrogens is 1. The third-order valence-corrected chi connectivity index (χ3v) is 4.49.